The van der Waals surface area contributed by atoms with Crippen LogP contribution >= 0.6 is 0 Å². The summed E-state index contributed by atoms with van der Waals surface area (Å²) >= 11 is 0. The van der Waals surface area contributed by atoms with Crippen molar-refractivity contribution >= 4 is 5.91 Å². The lowest BCUT2D eigenvalue weighted by molar-refractivity contribution is -0.120. The van der Waals surface area contributed by atoms with Gasteiger partial charge in [0.25, 0.3) is 6.43 Å². The van der Waals surface area contributed by atoms with Gasteiger partial charge in [-0.15, -0.1) is 0 Å². The Labute approximate surface area is 69.1 Å². The van der Waals surface area contributed by atoms with Gasteiger partial charge < -0.3 is 15.8 Å². The van der Waals surface area contributed by atoms with Crippen LogP contribution in [0, 0.1) is 0 Å². The fourth-order valence-electron chi connectivity index (χ4n) is 0.507. The maximum Gasteiger partial charge on any atom is 0.261 e. The predicted molar refractivity (Wildman–Crippen MR) is 38.9 cm³/mol. The number of nitrogens with two attached hydrogens (primary N) is 1. The maximum absolute atomic E-state index is 11.5. The molecule has 6 heteroatoms. The van der Waals surface area contributed by atoms with Crippen LogP contribution < -0.4 is 11.1 Å². The average Bonchev–Trinajstić information content (AvgIpc) is 2.03. The highest BCUT2D eigenvalue weighted by Crippen LogP contribution is 1.90. The molecule has 0 aliphatic heterocycles. The van der Waals surface area contributed by atoms with E-state index in [4.69, 9.17) is 5.73 Å². The Hall–Kier alpha value is -0.750. The smallest absolute Gasteiger partial charge is 0.261 e. The van der Waals surface area contributed by atoms with Crippen LogP contribution in [0.4, 0.5) is 8.78 Å². The number of hydrogen-bond acceptors (Lipinski definition) is 3. The first-order valence-corrected chi connectivity index (χ1v) is 3.49. The second-order valence-corrected chi connectivity index (χ2v) is 2.02. The minimum absolute atomic E-state index is 0.0794. The molecular formula is C6H12F2N2O2. The van der Waals surface area contributed by atoms with Crippen LogP contribution in [0.3, 0.4) is 0 Å². The first-order valence-electron chi connectivity index (χ1n) is 3.49. The van der Waals surface area contributed by atoms with Crippen molar-refractivity contribution in [3.05, 3.63) is 0 Å². The van der Waals surface area contributed by atoms with Crippen molar-refractivity contribution in [2.24, 2.45) is 5.73 Å². The Morgan fingerprint density at radius 3 is 2.75 bits per heavy atom. The maximum atomic E-state index is 11.5. The zero-order chi connectivity index (χ0) is 9.40. The summed E-state index contributed by atoms with van der Waals surface area (Å²) in [5.41, 5.74) is 4.96. The molecule has 12 heavy (non-hydrogen) atoms. The van der Waals surface area contributed by atoms with E-state index in [0.717, 1.165) is 0 Å². The summed E-state index contributed by atoms with van der Waals surface area (Å²) in [5, 5.41) is 2.37. The van der Waals surface area contributed by atoms with E-state index < -0.39 is 13.0 Å². The zero-order valence-corrected chi connectivity index (χ0v) is 6.56. The number of amides is 1. The van der Waals surface area contributed by atoms with Gasteiger partial charge in [0, 0.05) is 6.54 Å². The SMILES string of the molecule is NCC(=O)NCCOCC(F)F. The van der Waals surface area contributed by atoms with Gasteiger partial charge in [0.2, 0.25) is 5.91 Å². The van der Waals surface area contributed by atoms with Crippen molar-refractivity contribution in [1.29, 1.82) is 0 Å². The summed E-state index contributed by atoms with van der Waals surface area (Å²) in [6.45, 7) is -0.411. The van der Waals surface area contributed by atoms with Gasteiger partial charge in [-0.1, -0.05) is 0 Å². The molecule has 4 nitrogen and oxygen atoms in total. The number of alkyl halides is 2. The second kappa shape index (κ2) is 6.93. The van der Waals surface area contributed by atoms with Gasteiger partial charge in [-0.2, -0.15) is 0 Å². The molecule has 0 aliphatic rings. The van der Waals surface area contributed by atoms with Crippen LogP contribution in [0.1, 0.15) is 0 Å². The van der Waals surface area contributed by atoms with Crippen molar-refractivity contribution in [1.82, 2.24) is 5.32 Å². The van der Waals surface area contributed by atoms with E-state index in [-0.39, 0.29) is 25.6 Å². The molecule has 0 aromatic rings. The van der Waals surface area contributed by atoms with Crippen LogP contribution in [-0.4, -0.2) is 38.6 Å². The zero-order valence-electron chi connectivity index (χ0n) is 6.56. The lowest BCUT2D eigenvalue weighted by Crippen LogP contribution is -2.33. The molecule has 0 rings (SSSR count). The van der Waals surface area contributed by atoms with E-state index in [0.29, 0.717) is 0 Å². The highest BCUT2D eigenvalue weighted by molar-refractivity contribution is 5.77. The Bertz CT molecular complexity index is 133. The molecule has 0 saturated carbocycles. The van der Waals surface area contributed by atoms with E-state index in [1.165, 1.54) is 0 Å². The molecule has 0 unspecified atom stereocenters. The molecule has 0 spiro atoms. The molecule has 0 aromatic heterocycles. The lowest BCUT2D eigenvalue weighted by Gasteiger charge is -2.04. The quantitative estimate of drug-likeness (QED) is 0.536. The van der Waals surface area contributed by atoms with Crippen molar-refractivity contribution in [3.8, 4) is 0 Å². The summed E-state index contributed by atoms with van der Waals surface area (Å²) in [7, 11) is 0. The van der Waals surface area contributed by atoms with Gasteiger partial charge in [-0.05, 0) is 0 Å². The van der Waals surface area contributed by atoms with E-state index in [1.54, 1.807) is 0 Å². The molecule has 0 radical (unpaired) electrons. The van der Waals surface area contributed by atoms with E-state index in [2.05, 4.69) is 10.1 Å². The number of rotatable bonds is 6. The Balaban J connectivity index is 3.05. The first kappa shape index (κ1) is 11.2. The molecule has 0 atom stereocenters. The average molecular weight is 182 g/mol. The minimum atomic E-state index is -2.46. The fourth-order valence-corrected chi connectivity index (χ4v) is 0.507. The summed E-state index contributed by atoms with van der Waals surface area (Å²) in [4.78, 5) is 10.5. The first-order chi connectivity index (χ1) is 5.66. The number of carbonyl (C=O) groups is 1. The normalized spacial score (nSPS) is 10.3. The standard InChI is InChI=1S/C6H12F2N2O2/c7-5(8)4-12-2-1-10-6(11)3-9/h5H,1-4,9H2,(H,10,11). The molecule has 0 aliphatic carbocycles. The fraction of sp³-hybridized carbons (Fsp3) is 0.833. The van der Waals surface area contributed by atoms with Crippen molar-refractivity contribution in [3.63, 3.8) is 0 Å². The third-order valence-electron chi connectivity index (χ3n) is 0.998. The van der Waals surface area contributed by atoms with Gasteiger partial charge in [0.1, 0.15) is 6.61 Å². The number of hydrogen-bond donors (Lipinski definition) is 2. The summed E-state index contributed by atoms with van der Waals surface area (Å²) in [5.74, 6) is -0.323. The van der Waals surface area contributed by atoms with Crippen molar-refractivity contribution in [2.75, 3.05) is 26.3 Å². The molecule has 0 heterocycles. The molecule has 1 amide bonds. The van der Waals surface area contributed by atoms with E-state index in [1.807, 2.05) is 0 Å². The van der Waals surface area contributed by atoms with Gasteiger partial charge in [-0.3, -0.25) is 4.79 Å². The van der Waals surface area contributed by atoms with E-state index >= 15 is 0 Å². The number of nitrogens with one attached hydrogen (secondary N) is 1. The molecule has 0 bridgehead atoms. The number of ether oxygens (including phenoxy) is 1. The summed E-state index contributed by atoms with van der Waals surface area (Å²) in [6.07, 6.45) is -2.46. The molecule has 0 aromatic carbocycles. The van der Waals surface area contributed by atoms with Gasteiger partial charge in [0.15, 0.2) is 0 Å². The van der Waals surface area contributed by atoms with Crippen LogP contribution in [0.25, 0.3) is 0 Å². The van der Waals surface area contributed by atoms with Gasteiger partial charge >= 0.3 is 0 Å². The minimum Gasteiger partial charge on any atom is -0.374 e. The topological polar surface area (TPSA) is 64.4 Å². The van der Waals surface area contributed by atoms with E-state index in [9.17, 15) is 13.6 Å². The third kappa shape index (κ3) is 7.36. The molecule has 0 fully saturated rings. The van der Waals surface area contributed by atoms with Crippen LogP contribution in [0.5, 0.6) is 0 Å². The summed E-state index contributed by atoms with van der Waals surface area (Å²) in [6, 6.07) is 0. The summed E-state index contributed by atoms with van der Waals surface area (Å²) < 4.78 is 27.4. The third-order valence-corrected chi connectivity index (χ3v) is 0.998. The second-order valence-electron chi connectivity index (χ2n) is 2.02. The van der Waals surface area contributed by atoms with Crippen LogP contribution in [0.15, 0.2) is 0 Å². The number of halogens is 2. The van der Waals surface area contributed by atoms with Gasteiger partial charge in [0.05, 0.1) is 13.2 Å². The lowest BCUT2D eigenvalue weighted by atomic mass is 10.5. The van der Waals surface area contributed by atoms with Crippen LogP contribution in [-0.2, 0) is 9.53 Å². The monoisotopic (exact) mass is 182 g/mol. The highest BCUT2D eigenvalue weighted by Gasteiger charge is 2.01. The van der Waals surface area contributed by atoms with Crippen molar-refractivity contribution in [2.45, 2.75) is 6.43 Å². The largest absolute Gasteiger partial charge is 0.374 e. The Morgan fingerprint density at radius 2 is 2.25 bits per heavy atom. The molecule has 72 valence electrons. The molecular weight excluding hydrogens is 170 g/mol. The molecule has 0 saturated heterocycles. The van der Waals surface area contributed by atoms with Crippen molar-refractivity contribution < 1.29 is 18.3 Å². The number of carbonyl (C=O) groups excluding carboxylic acids is 1. The molecule has 3 N–H and O–H groups in total. The highest BCUT2D eigenvalue weighted by atomic mass is 19.3. The Kier molecular flexibility index (Phi) is 6.50. The van der Waals surface area contributed by atoms with Gasteiger partial charge in [-0.25, -0.2) is 8.78 Å². The predicted octanol–water partition coefficient (Wildman–Crippen LogP) is -0.657. The Morgan fingerprint density at radius 1 is 1.58 bits per heavy atom. The van der Waals surface area contributed by atoms with Crippen LogP contribution in [0.2, 0.25) is 0 Å².